The Labute approximate surface area is 75.8 Å². The monoisotopic (exact) mass is 178 g/mol. The Balaban J connectivity index is 2.97. The van der Waals surface area contributed by atoms with Crippen LogP contribution in [0.15, 0.2) is 6.33 Å². The number of hydrogen-bond donors (Lipinski definition) is 1. The molecule has 0 atom stereocenters. The van der Waals surface area contributed by atoms with E-state index in [9.17, 15) is 0 Å². The summed E-state index contributed by atoms with van der Waals surface area (Å²) < 4.78 is 3.92. The molecule has 2 aromatic heterocycles. The van der Waals surface area contributed by atoms with E-state index in [1.54, 1.807) is 0 Å². The van der Waals surface area contributed by atoms with Gasteiger partial charge < -0.3 is 5.73 Å². The average molecular weight is 178 g/mol. The molecular weight excluding hydrogens is 166 g/mol. The molecule has 2 aromatic rings. The van der Waals surface area contributed by atoms with Gasteiger partial charge in [0.25, 0.3) is 5.95 Å². The molecule has 0 bridgehead atoms. The second kappa shape index (κ2) is 2.42. The van der Waals surface area contributed by atoms with E-state index in [4.69, 9.17) is 5.73 Å². The van der Waals surface area contributed by atoms with E-state index in [1.807, 2.05) is 36.5 Å². The molecule has 0 aliphatic carbocycles. The average Bonchev–Trinajstić information content (AvgIpc) is 2.27. The predicted molar refractivity (Wildman–Crippen MR) is 48.8 cm³/mol. The maximum Gasteiger partial charge on any atom is 0.307 e. The number of nitrogens with zero attached hydrogens (tertiary/aromatic N) is 4. The van der Waals surface area contributed by atoms with Crippen molar-refractivity contribution in [3.8, 4) is 0 Å². The number of fused-ring (bicyclic) bond motifs is 1. The van der Waals surface area contributed by atoms with Gasteiger partial charge in [-0.05, 0) is 6.92 Å². The highest BCUT2D eigenvalue weighted by Crippen LogP contribution is 2.11. The number of anilines is 1. The van der Waals surface area contributed by atoms with Crippen LogP contribution in [0, 0.1) is 6.92 Å². The van der Waals surface area contributed by atoms with E-state index in [0.717, 1.165) is 16.9 Å². The lowest BCUT2D eigenvalue weighted by Gasteiger charge is -1.92. The van der Waals surface area contributed by atoms with Gasteiger partial charge in [0.1, 0.15) is 0 Å². The van der Waals surface area contributed by atoms with Gasteiger partial charge in [0.05, 0.1) is 19.8 Å². The fourth-order valence-electron chi connectivity index (χ4n) is 1.60. The molecule has 5 nitrogen and oxygen atoms in total. The normalized spacial score (nSPS) is 11.0. The zero-order valence-corrected chi connectivity index (χ0v) is 7.94. The summed E-state index contributed by atoms with van der Waals surface area (Å²) in [7, 11) is 3.91. The van der Waals surface area contributed by atoms with Crippen molar-refractivity contribution >= 4 is 17.1 Å². The van der Waals surface area contributed by atoms with Crippen LogP contribution in [0.2, 0.25) is 0 Å². The van der Waals surface area contributed by atoms with E-state index in [1.165, 1.54) is 0 Å². The van der Waals surface area contributed by atoms with Gasteiger partial charge in [-0.3, -0.25) is 4.57 Å². The molecule has 0 aliphatic heterocycles. The molecule has 68 valence electrons. The van der Waals surface area contributed by atoms with Crippen LogP contribution in [-0.4, -0.2) is 14.5 Å². The summed E-state index contributed by atoms with van der Waals surface area (Å²) in [5.41, 5.74) is 8.36. The molecule has 13 heavy (non-hydrogen) atoms. The number of nitrogens with two attached hydrogens (primary N) is 1. The Morgan fingerprint density at radius 1 is 1.46 bits per heavy atom. The van der Waals surface area contributed by atoms with Crippen molar-refractivity contribution < 1.29 is 4.57 Å². The van der Waals surface area contributed by atoms with Gasteiger partial charge in [0, 0.05) is 0 Å². The molecule has 5 heteroatoms. The van der Waals surface area contributed by atoms with Crippen LogP contribution >= 0.6 is 0 Å². The molecule has 2 rings (SSSR count). The summed E-state index contributed by atoms with van der Waals surface area (Å²) in [4.78, 5) is 8.27. The second-order valence-corrected chi connectivity index (χ2v) is 3.18. The van der Waals surface area contributed by atoms with Crippen molar-refractivity contribution in [1.82, 2.24) is 14.5 Å². The van der Waals surface area contributed by atoms with Gasteiger partial charge >= 0.3 is 5.65 Å². The standard InChI is InChI=1S/C8H12N5/c1-5-6-7(11-8(9)10-5)13(3)4-12(6)2/h4H,1-3H3,(H2,9,10,11)/q+1. The SMILES string of the molecule is Cc1nc(N)nc2c1n(C)c[n+]2C. The molecule has 0 aromatic carbocycles. The summed E-state index contributed by atoms with van der Waals surface area (Å²) in [5, 5.41) is 0. The Kier molecular flexibility index (Phi) is 1.48. The maximum atomic E-state index is 5.56. The lowest BCUT2D eigenvalue weighted by Crippen LogP contribution is -2.26. The van der Waals surface area contributed by atoms with Gasteiger partial charge in [0.15, 0.2) is 11.8 Å². The third-order valence-corrected chi connectivity index (χ3v) is 2.09. The number of aromatic nitrogens is 4. The smallest absolute Gasteiger partial charge is 0.307 e. The van der Waals surface area contributed by atoms with E-state index in [-0.39, 0.29) is 0 Å². The van der Waals surface area contributed by atoms with Gasteiger partial charge in [-0.2, -0.15) is 4.98 Å². The van der Waals surface area contributed by atoms with Crippen LogP contribution in [0.1, 0.15) is 5.69 Å². The van der Waals surface area contributed by atoms with Crippen molar-refractivity contribution in [2.75, 3.05) is 5.73 Å². The zero-order valence-electron chi connectivity index (χ0n) is 7.94. The topological polar surface area (TPSA) is 60.6 Å². The lowest BCUT2D eigenvalue weighted by atomic mass is 10.4. The molecule has 0 saturated carbocycles. The second-order valence-electron chi connectivity index (χ2n) is 3.18. The molecule has 2 heterocycles. The third kappa shape index (κ3) is 1.04. The zero-order chi connectivity index (χ0) is 9.59. The van der Waals surface area contributed by atoms with Crippen LogP contribution in [0.25, 0.3) is 11.2 Å². The highest BCUT2D eigenvalue weighted by atomic mass is 15.2. The number of hydrogen-bond acceptors (Lipinski definition) is 3. The fourth-order valence-corrected chi connectivity index (χ4v) is 1.60. The Hall–Kier alpha value is -1.65. The van der Waals surface area contributed by atoms with Crippen LogP contribution in [-0.2, 0) is 14.1 Å². The Morgan fingerprint density at radius 2 is 2.15 bits per heavy atom. The van der Waals surface area contributed by atoms with Crippen LogP contribution in [0.3, 0.4) is 0 Å². The van der Waals surface area contributed by atoms with E-state index in [2.05, 4.69) is 9.97 Å². The summed E-state index contributed by atoms with van der Waals surface area (Å²) in [6.07, 6.45) is 1.95. The quantitative estimate of drug-likeness (QED) is 0.562. The van der Waals surface area contributed by atoms with E-state index in [0.29, 0.717) is 5.95 Å². The molecule has 0 radical (unpaired) electrons. The molecule has 0 saturated heterocycles. The molecule has 0 aliphatic rings. The first-order chi connectivity index (χ1) is 6.09. The maximum absolute atomic E-state index is 5.56. The van der Waals surface area contributed by atoms with Crippen LogP contribution < -0.4 is 10.3 Å². The first kappa shape index (κ1) is 7.97. The highest BCUT2D eigenvalue weighted by molar-refractivity contribution is 5.71. The first-order valence-corrected chi connectivity index (χ1v) is 4.04. The van der Waals surface area contributed by atoms with Gasteiger partial charge in [-0.15, -0.1) is 0 Å². The summed E-state index contributed by atoms with van der Waals surface area (Å²) in [5.74, 6) is 0.326. The van der Waals surface area contributed by atoms with Crippen molar-refractivity contribution in [2.24, 2.45) is 14.1 Å². The fraction of sp³-hybridized carbons (Fsp3) is 0.375. The van der Waals surface area contributed by atoms with Crippen molar-refractivity contribution in [3.63, 3.8) is 0 Å². The number of nitrogen functional groups attached to an aromatic ring is 1. The summed E-state index contributed by atoms with van der Waals surface area (Å²) in [6.45, 7) is 1.93. The minimum atomic E-state index is 0.326. The van der Waals surface area contributed by atoms with Crippen LogP contribution in [0.4, 0.5) is 5.95 Å². The van der Waals surface area contributed by atoms with Crippen LogP contribution in [0.5, 0.6) is 0 Å². The minimum Gasteiger partial charge on any atom is -0.354 e. The molecule has 0 unspecified atom stereocenters. The Morgan fingerprint density at radius 3 is 2.85 bits per heavy atom. The predicted octanol–water partition coefficient (Wildman–Crippen LogP) is -0.317. The third-order valence-electron chi connectivity index (χ3n) is 2.09. The number of rotatable bonds is 0. The lowest BCUT2D eigenvalue weighted by molar-refractivity contribution is -0.647. The Bertz CT molecular complexity index is 471. The molecule has 0 spiro atoms. The molecule has 0 fully saturated rings. The first-order valence-electron chi connectivity index (χ1n) is 4.04. The van der Waals surface area contributed by atoms with E-state index >= 15 is 0 Å². The molecule has 2 N–H and O–H groups in total. The highest BCUT2D eigenvalue weighted by Gasteiger charge is 2.16. The van der Waals surface area contributed by atoms with Crippen molar-refractivity contribution in [3.05, 3.63) is 12.0 Å². The largest absolute Gasteiger partial charge is 0.354 e. The van der Waals surface area contributed by atoms with Gasteiger partial charge in [-0.25, -0.2) is 4.57 Å². The summed E-state index contributed by atoms with van der Waals surface area (Å²) in [6, 6.07) is 0. The molecular formula is C8H12N5+. The van der Waals surface area contributed by atoms with Crippen molar-refractivity contribution in [1.29, 1.82) is 0 Å². The summed E-state index contributed by atoms with van der Waals surface area (Å²) >= 11 is 0. The van der Waals surface area contributed by atoms with Gasteiger partial charge in [-0.1, -0.05) is 4.98 Å². The van der Waals surface area contributed by atoms with Crippen molar-refractivity contribution in [2.45, 2.75) is 6.92 Å². The number of aryl methyl sites for hydroxylation is 3. The van der Waals surface area contributed by atoms with E-state index < -0.39 is 0 Å². The van der Waals surface area contributed by atoms with Gasteiger partial charge in [0.2, 0.25) is 0 Å². The number of imidazole rings is 1. The minimum absolute atomic E-state index is 0.326. The molecule has 0 amide bonds.